The Bertz CT molecular complexity index is 506. The van der Waals surface area contributed by atoms with Crippen LogP contribution in [0.15, 0.2) is 18.2 Å². The molecule has 0 atom stereocenters. The molecule has 0 unspecified atom stereocenters. The number of ether oxygens (including phenoxy) is 2. The van der Waals surface area contributed by atoms with Gasteiger partial charge in [-0.15, -0.1) is 0 Å². The van der Waals surface area contributed by atoms with E-state index in [0.29, 0.717) is 31.1 Å². The van der Waals surface area contributed by atoms with E-state index in [-0.39, 0.29) is 18.4 Å². The van der Waals surface area contributed by atoms with Crippen LogP contribution in [-0.2, 0) is 27.1 Å². The molecule has 0 aliphatic heterocycles. The number of hydrogen-bond acceptors (Lipinski definition) is 4. The lowest BCUT2D eigenvalue weighted by Crippen LogP contribution is -2.11. The number of carbonyl (C=O) groups excluding carboxylic acids is 2. The minimum atomic E-state index is -0.327. The Morgan fingerprint density at radius 1 is 1.09 bits per heavy atom. The highest BCUT2D eigenvalue weighted by molar-refractivity contribution is 5.91. The van der Waals surface area contributed by atoms with Gasteiger partial charge in [-0.1, -0.05) is 26.0 Å². The van der Waals surface area contributed by atoms with Crippen molar-refractivity contribution in [3.05, 3.63) is 34.9 Å². The van der Waals surface area contributed by atoms with Gasteiger partial charge in [0.1, 0.15) is 0 Å². The van der Waals surface area contributed by atoms with Gasteiger partial charge in [-0.25, -0.2) is 4.79 Å². The van der Waals surface area contributed by atoms with E-state index in [1.54, 1.807) is 13.8 Å². The molecule has 0 aliphatic rings. The van der Waals surface area contributed by atoms with Gasteiger partial charge < -0.3 is 9.47 Å². The molecule has 122 valence electrons. The minimum Gasteiger partial charge on any atom is -0.466 e. The summed E-state index contributed by atoms with van der Waals surface area (Å²) in [5.74, 6) is -0.0593. The summed E-state index contributed by atoms with van der Waals surface area (Å²) in [5.41, 5.74) is 2.50. The molecule has 1 aromatic rings. The fraction of sp³-hybridized carbons (Fsp3) is 0.556. The first kappa shape index (κ1) is 18.2. The number of rotatable bonds is 8. The van der Waals surface area contributed by atoms with Crippen molar-refractivity contribution in [2.75, 3.05) is 13.2 Å². The van der Waals surface area contributed by atoms with Gasteiger partial charge in [-0.05, 0) is 49.8 Å². The average molecular weight is 306 g/mol. The van der Waals surface area contributed by atoms with Crippen LogP contribution >= 0.6 is 0 Å². The zero-order chi connectivity index (χ0) is 16.5. The van der Waals surface area contributed by atoms with E-state index >= 15 is 0 Å². The van der Waals surface area contributed by atoms with E-state index < -0.39 is 0 Å². The molecule has 0 amide bonds. The quantitative estimate of drug-likeness (QED) is 0.689. The second kappa shape index (κ2) is 9.23. The molecule has 0 saturated carbocycles. The molecular weight excluding hydrogens is 280 g/mol. The van der Waals surface area contributed by atoms with Crippen molar-refractivity contribution in [3.8, 4) is 0 Å². The molecule has 4 nitrogen and oxygen atoms in total. The van der Waals surface area contributed by atoms with Gasteiger partial charge in [0.25, 0.3) is 0 Å². The third kappa shape index (κ3) is 5.88. The molecule has 0 radical (unpaired) electrons. The van der Waals surface area contributed by atoms with Crippen molar-refractivity contribution < 1.29 is 19.1 Å². The Balaban J connectivity index is 2.93. The van der Waals surface area contributed by atoms with Crippen LogP contribution in [0.25, 0.3) is 0 Å². The Morgan fingerprint density at radius 2 is 1.77 bits per heavy atom. The van der Waals surface area contributed by atoms with Gasteiger partial charge in [-0.3, -0.25) is 4.79 Å². The molecule has 0 spiro atoms. The summed E-state index contributed by atoms with van der Waals surface area (Å²) >= 11 is 0. The molecule has 0 aromatic heterocycles. The van der Waals surface area contributed by atoms with Crippen LogP contribution in [-0.4, -0.2) is 25.2 Å². The third-order valence-corrected chi connectivity index (χ3v) is 3.22. The van der Waals surface area contributed by atoms with Crippen molar-refractivity contribution in [2.24, 2.45) is 5.92 Å². The molecule has 0 saturated heterocycles. The lowest BCUT2D eigenvalue weighted by molar-refractivity contribution is -0.143. The van der Waals surface area contributed by atoms with E-state index in [2.05, 4.69) is 13.8 Å². The van der Waals surface area contributed by atoms with Crippen LogP contribution in [0.2, 0.25) is 0 Å². The van der Waals surface area contributed by atoms with Gasteiger partial charge in [0, 0.05) is 6.42 Å². The van der Waals surface area contributed by atoms with Crippen LogP contribution in [0.4, 0.5) is 0 Å². The van der Waals surface area contributed by atoms with E-state index in [9.17, 15) is 9.59 Å². The molecule has 0 bridgehead atoms. The monoisotopic (exact) mass is 306 g/mol. The Hall–Kier alpha value is -1.84. The van der Waals surface area contributed by atoms with Crippen LogP contribution in [0.3, 0.4) is 0 Å². The van der Waals surface area contributed by atoms with Crippen molar-refractivity contribution in [1.82, 2.24) is 0 Å². The van der Waals surface area contributed by atoms with Gasteiger partial charge in [-0.2, -0.15) is 0 Å². The van der Waals surface area contributed by atoms with Gasteiger partial charge in [0.2, 0.25) is 0 Å². The van der Waals surface area contributed by atoms with Crippen molar-refractivity contribution in [1.29, 1.82) is 0 Å². The predicted octanol–water partition coefficient (Wildman–Crippen LogP) is 3.56. The molecule has 22 heavy (non-hydrogen) atoms. The number of esters is 2. The SMILES string of the molecule is CCOC(=O)CCc1ccc(CC(C)C)cc1C(=O)OCC. The molecule has 0 N–H and O–H groups in total. The van der Waals surface area contributed by atoms with E-state index in [0.717, 1.165) is 17.5 Å². The van der Waals surface area contributed by atoms with Gasteiger partial charge >= 0.3 is 11.9 Å². The summed E-state index contributed by atoms with van der Waals surface area (Å²) in [5, 5.41) is 0. The number of carbonyl (C=O) groups is 2. The summed E-state index contributed by atoms with van der Waals surface area (Å²) < 4.78 is 10.1. The highest BCUT2D eigenvalue weighted by Crippen LogP contribution is 2.18. The van der Waals surface area contributed by atoms with Crippen LogP contribution in [0.5, 0.6) is 0 Å². The number of benzene rings is 1. The van der Waals surface area contributed by atoms with Gasteiger partial charge in [0.05, 0.1) is 18.8 Å². The number of hydrogen-bond donors (Lipinski definition) is 0. The fourth-order valence-corrected chi connectivity index (χ4v) is 2.31. The van der Waals surface area contributed by atoms with E-state index in [4.69, 9.17) is 9.47 Å². The lowest BCUT2D eigenvalue weighted by Gasteiger charge is -2.12. The summed E-state index contributed by atoms with van der Waals surface area (Å²) in [6.45, 7) is 8.55. The molecule has 1 rings (SSSR count). The molecule has 1 aromatic carbocycles. The minimum absolute atomic E-state index is 0.247. The maximum atomic E-state index is 12.1. The standard InChI is InChI=1S/C18H26O4/c1-5-21-17(19)10-9-15-8-7-14(11-13(3)4)12-16(15)18(20)22-6-2/h7-8,12-13H,5-6,9-11H2,1-4H3. The summed E-state index contributed by atoms with van der Waals surface area (Å²) in [6, 6.07) is 5.82. The van der Waals surface area contributed by atoms with E-state index in [1.807, 2.05) is 18.2 Å². The highest BCUT2D eigenvalue weighted by Gasteiger charge is 2.15. The Labute approximate surface area is 132 Å². The van der Waals surface area contributed by atoms with Crippen LogP contribution in [0, 0.1) is 5.92 Å². The normalized spacial score (nSPS) is 10.6. The van der Waals surface area contributed by atoms with Crippen molar-refractivity contribution in [2.45, 2.75) is 47.0 Å². The molecular formula is C18H26O4. The van der Waals surface area contributed by atoms with Crippen LogP contribution in [0.1, 0.15) is 55.6 Å². The summed E-state index contributed by atoms with van der Waals surface area (Å²) in [7, 11) is 0. The first-order chi connectivity index (χ1) is 10.5. The maximum Gasteiger partial charge on any atom is 0.338 e. The predicted molar refractivity (Wildman–Crippen MR) is 85.9 cm³/mol. The van der Waals surface area contributed by atoms with Crippen molar-refractivity contribution >= 4 is 11.9 Å². The molecule has 0 fully saturated rings. The van der Waals surface area contributed by atoms with Gasteiger partial charge in [0.15, 0.2) is 0 Å². The lowest BCUT2D eigenvalue weighted by atomic mass is 9.96. The summed E-state index contributed by atoms with van der Waals surface area (Å²) in [6.07, 6.45) is 1.66. The first-order valence-corrected chi connectivity index (χ1v) is 7.92. The fourth-order valence-electron chi connectivity index (χ4n) is 2.31. The smallest absolute Gasteiger partial charge is 0.338 e. The Kier molecular flexibility index (Phi) is 7.64. The first-order valence-electron chi connectivity index (χ1n) is 7.92. The van der Waals surface area contributed by atoms with Crippen LogP contribution < -0.4 is 0 Å². The second-order valence-corrected chi connectivity index (χ2v) is 5.61. The topological polar surface area (TPSA) is 52.6 Å². The molecule has 0 heterocycles. The molecule has 0 aliphatic carbocycles. The average Bonchev–Trinajstić information content (AvgIpc) is 2.45. The zero-order valence-corrected chi connectivity index (χ0v) is 14.0. The van der Waals surface area contributed by atoms with E-state index in [1.165, 1.54) is 0 Å². The number of aryl methyl sites for hydroxylation is 1. The Morgan fingerprint density at radius 3 is 2.36 bits per heavy atom. The largest absolute Gasteiger partial charge is 0.466 e. The third-order valence-electron chi connectivity index (χ3n) is 3.22. The summed E-state index contributed by atoms with van der Waals surface area (Å²) in [4.78, 5) is 23.6. The molecule has 4 heteroatoms. The second-order valence-electron chi connectivity index (χ2n) is 5.61. The van der Waals surface area contributed by atoms with Crippen molar-refractivity contribution in [3.63, 3.8) is 0 Å². The highest BCUT2D eigenvalue weighted by atomic mass is 16.5. The maximum absolute atomic E-state index is 12.1. The zero-order valence-electron chi connectivity index (χ0n) is 14.0.